The lowest BCUT2D eigenvalue weighted by molar-refractivity contribution is 0.0950. The van der Waals surface area contributed by atoms with E-state index in [0.29, 0.717) is 21.5 Å². The number of benzene rings is 2. The summed E-state index contributed by atoms with van der Waals surface area (Å²) in [5.41, 5.74) is 4.77. The second-order valence-corrected chi connectivity index (χ2v) is 6.05. The molecule has 0 bridgehead atoms. The number of hydrazone groups is 1. The Kier molecular flexibility index (Phi) is 5.55. The van der Waals surface area contributed by atoms with Crippen molar-refractivity contribution in [2.75, 3.05) is 7.11 Å². The predicted octanol–water partition coefficient (Wildman–Crippen LogP) is 4.16. The minimum absolute atomic E-state index is 0.267. The van der Waals surface area contributed by atoms with Crippen LogP contribution in [0.5, 0.6) is 5.75 Å². The molecule has 1 amide bonds. The molecule has 132 valence electrons. The number of nitrogens with zero attached hydrogens (tertiary/aromatic N) is 2. The van der Waals surface area contributed by atoms with Gasteiger partial charge in [-0.3, -0.25) is 9.89 Å². The first-order valence-electron chi connectivity index (χ1n) is 7.55. The minimum Gasteiger partial charge on any atom is -0.496 e. The van der Waals surface area contributed by atoms with Crippen molar-refractivity contribution in [2.45, 2.75) is 0 Å². The Bertz CT molecular complexity index is 969. The van der Waals surface area contributed by atoms with E-state index in [1.165, 1.54) is 6.21 Å². The van der Waals surface area contributed by atoms with Gasteiger partial charge in [-0.05, 0) is 30.3 Å². The third-order valence-corrected chi connectivity index (χ3v) is 4.29. The first-order valence-corrected chi connectivity index (χ1v) is 8.31. The van der Waals surface area contributed by atoms with E-state index >= 15 is 0 Å². The summed E-state index contributed by atoms with van der Waals surface area (Å²) in [6.07, 6.45) is 1.51. The number of ether oxygens (including phenoxy) is 1. The molecule has 3 rings (SSSR count). The molecule has 1 heterocycles. The molecule has 26 heavy (non-hydrogen) atoms. The summed E-state index contributed by atoms with van der Waals surface area (Å²) >= 11 is 11.9. The number of carbonyl (C=O) groups is 1. The van der Waals surface area contributed by atoms with Crippen molar-refractivity contribution < 1.29 is 9.53 Å². The fourth-order valence-corrected chi connectivity index (χ4v) is 2.53. The van der Waals surface area contributed by atoms with Crippen LogP contribution in [0.15, 0.2) is 53.6 Å². The van der Waals surface area contributed by atoms with Gasteiger partial charge in [-0.25, -0.2) is 5.43 Å². The summed E-state index contributed by atoms with van der Waals surface area (Å²) in [6.45, 7) is 0. The number of methoxy groups -OCH3 is 1. The molecule has 0 aliphatic carbocycles. The molecule has 0 aliphatic rings. The number of halogens is 2. The predicted molar refractivity (Wildman–Crippen MR) is 102 cm³/mol. The van der Waals surface area contributed by atoms with Gasteiger partial charge < -0.3 is 4.74 Å². The van der Waals surface area contributed by atoms with E-state index in [4.69, 9.17) is 27.9 Å². The number of aromatic amines is 1. The van der Waals surface area contributed by atoms with Gasteiger partial charge in [0.25, 0.3) is 5.91 Å². The Hall–Kier alpha value is -2.83. The average Bonchev–Trinajstić information content (AvgIpc) is 3.14. The van der Waals surface area contributed by atoms with Crippen LogP contribution in [-0.2, 0) is 0 Å². The van der Waals surface area contributed by atoms with Gasteiger partial charge in [0.05, 0.1) is 29.1 Å². The zero-order chi connectivity index (χ0) is 18.5. The lowest BCUT2D eigenvalue weighted by Gasteiger charge is -2.02. The standard InChI is InChI=1S/C18H14Cl2N4O2/c1-26-17-5-3-2-4-12(17)10-21-24-18(25)16-9-15(22-23-16)11-6-7-13(19)14(20)8-11/h2-10H,1H3,(H,22,23)(H,24,25). The molecule has 0 radical (unpaired) electrons. The lowest BCUT2D eigenvalue weighted by Crippen LogP contribution is -2.18. The van der Waals surface area contributed by atoms with Crippen molar-refractivity contribution in [3.05, 3.63) is 69.8 Å². The third-order valence-electron chi connectivity index (χ3n) is 3.55. The van der Waals surface area contributed by atoms with Crippen LogP contribution in [-0.4, -0.2) is 29.4 Å². The van der Waals surface area contributed by atoms with Gasteiger partial charge in [0.2, 0.25) is 0 Å². The highest BCUT2D eigenvalue weighted by atomic mass is 35.5. The largest absolute Gasteiger partial charge is 0.496 e. The van der Waals surface area contributed by atoms with Crippen molar-refractivity contribution >= 4 is 35.3 Å². The van der Waals surface area contributed by atoms with Crippen LogP contribution in [0.4, 0.5) is 0 Å². The van der Waals surface area contributed by atoms with Gasteiger partial charge in [-0.15, -0.1) is 0 Å². The maximum atomic E-state index is 12.2. The SMILES string of the molecule is COc1ccccc1C=NNC(=O)c1cc(-c2ccc(Cl)c(Cl)c2)n[nH]1. The minimum atomic E-state index is -0.421. The highest BCUT2D eigenvalue weighted by Crippen LogP contribution is 2.27. The van der Waals surface area contributed by atoms with E-state index in [-0.39, 0.29) is 5.69 Å². The molecule has 0 unspecified atom stereocenters. The van der Waals surface area contributed by atoms with Crippen LogP contribution in [0.25, 0.3) is 11.3 Å². The topological polar surface area (TPSA) is 79.4 Å². The number of para-hydroxylation sites is 1. The van der Waals surface area contributed by atoms with Crippen molar-refractivity contribution in [3.8, 4) is 17.0 Å². The number of amides is 1. The van der Waals surface area contributed by atoms with Gasteiger partial charge in [0.1, 0.15) is 11.4 Å². The number of nitrogens with one attached hydrogen (secondary N) is 2. The Morgan fingerprint density at radius 2 is 2.00 bits per heavy atom. The summed E-state index contributed by atoms with van der Waals surface area (Å²) in [6, 6.07) is 14.1. The number of aromatic nitrogens is 2. The highest BCUT2D eigenvalue weighted by molar-refractivity contribution is 6.42. The second kappa shape index (κ2) is 8.03. The molecule has 0 saturated heterocycles. The molecular formula is C18H14Cl2N4O2. The maximum absolute atomic E-state index is 12.2. The molecule has 0 saturated carbocycles. The molecule has 2 N–H and O–H groups in total. The van der Waals surface area contributed by atoms with E-state index in [1.807, 2.05) is 24.3 Å². The van der Waals surface area contributed by atoms with Crippen molar-refractivity contribution in [2.24, 2.45) is 5.10 Å². The smallest absolute Gasteiger partial charge is 0.289 e. The molecule has 2 aromatic carbocycles. The summed E-state index contributed by atoms with van der Waals surface area (Å²) in [5, 5.41) is 11.6. The van der Waals surface area contributed by atoms with Crippen molar-refractivity contribution in [3.63, 3.8) is 0 Å². The molecule has 8 heteroatoms. The number of hydrogen-bond acceptors (Lipinski definition) is 4. The fraction of sp³-hybridized carbons (Fsp3) is 0.0556. The zero-order valence-corrected chi connectivity index (χ0v) is 15.2. The maximum Gasteiger partial charge on any atom is 0.289 e. The molecule has 0 atom stereocenters. The number of rotatable bonds is 5. The van der Waals surface area contributed by atoms with Crippen molar-refractivity contribution in [1.82, 2.24) is 15.6 Å². The van der Waals surface area contributed by atoms with Gasteiger partial charge in [0, 0.05) is 11.1 Å². The van der Waals surface area contributed by atoms with Crippen LogP contribution in [0.3, 0.4) is 0 Å². The second-order valence-electron chi connectivity index (χ2n) is 5.24. The summed E-state index contributed by atoms with van der Waals surface area (Å²) in [5.74, 6) is 0.240. The molecule has 0 spiro atoms. The van der Waals surface area contributed by atoms with Gasteiger partial charge in [-0.2, -0.15) is 10.2 Å². The van der Waals surface area contributed by atoms with E-state index in [0.717, 1.165) is 11.1 Å². The summed E-state index contributed by atoms with van der Waals surface area (Å²) in [7, 11) is 1.57. The molecule has 1 aromatic heterocycles. The molecule has 6 nitrogen and oxygen atoms in total. The van der Waals surface area contributed by atoms with Crippen LogP contribution >= 0.6 is 23.2 Å². The molecular weight excluding hydrogens is 375 g/mol. The Morgan fingerprint density at radius 1 is 1.19 bits per heavy atom. The normalized spacial score (nSPS) is 10.9. The monoisotopic (exact) mass is 388 g/mol. The molecule has 0 aliphatic heterocycles. The zero-order valence-electron chi connectivity index (χ0n) is 13.7. The Morgan fingerprint density at radius 3 is 2.77 bits per heavy atom. The highest BCUT2D eigenvalue weighted by Gasteiger charge is 2.11. The van der Waals surface area contributed by atoms with Crippen LogP contribution in [0.2, 0.25) is 10.0 Å². The first kappa shape index (κ1) is 18.0. The van der Waals surface area contributed by atoms with E-state index in [1.54, 1.807) is 31.4 Å². The average molecular weight is 389 g/mol. The number of hydrogen-bond donors (Lipinski definition) is 2. The molecule has 3 aromatic rings. The van der Waals surface area contributed by atoms with Crippen molar-refractivity contribution in [1.29, 1.82) is 0 Å². The number of carbonyl (C=O) groups excluding carboxylic acids is 1. The van der Waals surface area contributed by atoms with E-state index in [9.17, 15) is 4.79 Å². The van der Waals surface area contributed by atoms with Crippen LogP contribution in [0.1, 0.15) is 16.1 Å². The van der Waals surface area contributed by atoms with Gasteiger partial charge in [0.15, 0.2) is 0 Å². The Labute approximate surface area is 159 Å². The van der Waals surface area contributed by atoms with Gasteiger partial charge in [-0.1, -0.05) is 41.4 Å². The van der Waals surface area contributed by atoms with Gasteiger partial charge >= 0.3 is 0 Å². The summed E-state index contributed by atoms with van der Waals surface area (Å²) < 4.78 is 5.22. The van der Waals surface area contributed by atoms with E-state index in [2.05, 4.69) is 20.7 Å². The third kappa shape index (κ3) is 4.04. The number of H-pyrrole nitrogens is 1. The Balaban J connectivity index is 1.70. The lowest BCUT2D eigenvalue weighted by atomic mass is 10.1. The van der Waals surface area contributed by atoms with Crippen LogP contribution in [0, 0.1) is 0 Å². The van der Waals surface area contributed by atoms with E-state index < -0.39 is 5.91 Å². The summed E-state index contributed by atoms with van der Waals surface area (Å²) in [4.78, 5) is 12.2. The fourth-order valence-electron chi connectivity index (χ4n) is 2.24. The first-order chi connectivity index (χ1) is 12.6. The quantitative estimate of drug-likeness (QED) is 0.508. The van der Waals surface area contributed by atoms with Crippen LogP contribution < -0.4 is 10.2 Å². The molecule has 0 fully saturated rings.